The first-order chi connectivity index (χ1) is 9.50. The molecule has 0 aliphatic rings. The Kier molecular flexibility index (Phi) is 8.50. The van der Waals surface area contributed by atoms with E-state index in [0.29, 0.717) is 22.7 Å². The van der Waals surface area contributed by atoms with Gasteiger partial charge in [0.2, 0.25) is 0 Å². The van der Waals surface area contributed by atoms with Gasteiger partial charge in [0.1, 0.15) is 11.6 Å². The zero-order chi connectivity index (χ0) is 15.0. The molecular formula is C15H22BrClFNO. The maximum Gasteiger partial charge on any atom is 0.145 e. The van der Waals surface area contributed by atoms with Gasteiger partial charge in [0.25, 0.3) is 0 Å². The number of unbranched alkanes of at least 4 members (excludes halogenated alkanes) is 2. The number of halogens is 3. The summed E-state index contributed by atoms with van der Waals surface area (Å²) in [4.78, 5) is 0. The summed E-state index contributed by atoms with van der Waals surface area (Å²) in [6, 6.07) is 2.83. The average Bonchev–Trinajstić information content (AvgIpc) is 2.38. The zero-order valence-electron chi connectivity index (χ0n) is 12.0. The third-order valence-electron chi connectivity index (χ3n) is 2.78. The smallest absolute Gasteiger partial charge is 0.145 e. The SMILES string of the molecule is CC(C)CNCCCCCOc1cc(F)c(Cl)cc1Br. The Morgan fingerprint density at radius 3 is 2.75 bits per heavy atom. The molecule has 0 saturated heterocycles. The maximum absolute atomic E-state index is 13.3. The molecule has 0 spiro atoms. The van der Waals surface area contributed by atoms with Gasteiger partial charge in [-0.1, -0.05) is 25.4 Å². The van der Waals surface area contributed by atoms with E-state index in [1.807, 2.05) is 0 Å². The second-order valence-corrected chi connectivity index (χ2v) is 6.47. The monoisotopic (exact) mass is 365 g/mol. The molecule has 1 aromatic rings. The molecule has 114 valence electrons. The highest BCUT2D eigenvalue weighted by Crippen LogP contribution is 2.30. The molecule has 0 radical (unpaired) electrons. The quantitative estimate of drug-likeness (QED) is 0.488. The van der Waals surface area contributed by atoms with Gasteiger partial charge < -0.3 is 10.1 Å². The summed E-state index contributed by atoms with van der Waals surface area (Å²) >= 11 is 8.98. The Morgan fingerprint density at radius 2 is 2.05 bits per heavy atom. The van der Waals surface area contributed by atoms with E-state index >= 15 is 0 Å². The fourth-order valence-electron chi connectivity index (χ4n) is 1.72. The Bertz CT molecular complexity index is 415. The van der Waals surface area contributed by atoms with Gasteiger partial charge in [-0.25, -0.2) is 4.39 Å². The molecule has 0 amide bonds. The summed E-state index contributed by atoms with van der Waals surface area (Å²) in [5.41, 5.74) is 0. The summed E-state index contributed by atoms with van der Waals surface area (Å²) < 4.78 is 19.5. The highest BCUT2D eigenvalue weighted by Gasteiger charge is 2.07. The lowest BCUT2D eigenvalue weighted by atomic mass is 10.2. The molecule has 0 aromatic heterocycles. The fraction of sp³-hybridized carbons (Fsp3) is 0.600. The third kappa shape index (κ3) is 6.91. The summed E-state index contributed by atoms with van der Waals surface area (Å²) in [7, 11) is 0. The lowest BCUT2D eigenvalue weighted by Crippen LogP contribution is -2.20. The molecule has 0 atom stereocenters. The summed E-state index contributed by atoms with van der Waals surface area (Å²) in [5.74, 6) is 0.739. The normalized spacial score (nSPS) is 11.1. The summed E-state index contributed by atoms with van der Waals surface area (Å²) in [6.45, 7) is 7.09. The zero-order valence-corrected chi connectivity index (χ0v) is 14.4. The van der Waals surface area contributed by atoms with Crippen molar-refractivity contribution in [2.75, 3.05) is 19.7 Å². The van der Waals surface area contributed by atoms with Crippen molar-refractivity contribution in [3.63, 3.8) is 0 Å². The van der Waals surface area contributed by atoms with Crippen LogP contribution >= 0.6 is 27.5 Å². The molecule has 0 unspecified atom stereocenters. The molecule has 0 bridgehead atoms. The van der Waals surface area contributed by atoms with Crippen LogP contribution in [0.2, 0.25) is 5.02 Å². The van der Waals surface area contributed by atoms with Crippen LogP contribution in [0.3, 0.4) is 0 Å². The van der Waals surface area contributed by atoms with Gasteiger partial charge in [-0.05, 0) is 60.3 Å². The number of rotatable bonds is 9. The van der Waals surface area contributed by atoms with Crippen molar-refractivity contribution in [2.45, 2.75) is 33.1 Å². The first-order valence-corrected chi connectivity index (χ1v) is 8.16. The predicted molar refractivity (Wildman–Crippen MR) is 86.2 cm³/mol. The fourth-order valence-corrected chi connectivity index (χ4v) is 2.47. The molecule has 1 aromatic carbocycles. The summed E-state index contributed by atoms with van der Waals surface area (Å²) in [5, 5.41) is 3.50. The molecule has 0 aliphatic heterocycles. The summed E-state index contributed by atoms with van der Waals surface area (Å²) in [6.07, 6.45) is 3.19. The van der Waals surface area contributed by atoms with Crippen LogP contribution in [0, 0.1) is 11.7 Å². The molecule has 20 heavy (non-hydrogen) atoms. The van der Waals surface area contributed by atoms with Crippen LogP contribution in [0.15, 0.2) is 16.6 Å². The second kappa shape index (κ2) is 9.59. The van der Waals surface area contributed by atoms with Crippen LogP contribution in [0.5, 0.6) is 5.75 Å². The van der Waals surface area contributed by atoms with Crippen LogP contribution in [0.4, 0.5) is 4.39 Å². The molecule has 0 aliphatic carbocycles. The number of benzene rings is 1. The highest BCUT2D eigenvalue weighted by molar-refractivity contribution is 9.10. The predicted octanol–water partition coefficient (Wildman–Crippen LogP) is 5.04. The van der Waals surface area contributed by atoms with Crippen molar-refractivity contribution in [3.8, 4) is 5.75 Å². The van der Waals surface area contributed by atoms with Crippen LogP contribution < -0.4 is 10.1 Å². The van der Waals surface area contributed by atoms with Gasteiger partial charge >= 0.3 is 0 Å². The molecule has 2 nitrogen and oxygen atoms in total. The van der Waals surface area contributed by atoms with E-state index in [1.54, 1.807) is 0 Å². The Hall–Kier alpha value is -0.320. The van der Waals surface area contributed by atoms with E-state index in [9.17, 15) is 4.39 Å². The second-order valence-electron chi connectivity index (χ2n) is 5.20. The molecule has 5 heteroatoms. The van der Waals surface area contributed by atoms with E-state index in [0.717, 1.165) is 32.4 Å². The minimum Gasteiger partial charge on any atom is -0.492 e. The van der Waals surface area contributed by atoms with Crippen molar-refractivity contribution in [1.29, 1.82) is 0 Å². The van der Waals surface area contributed by atoms with Crippen molar-refractivity contribution >= 4 is 27.5 Å². The molecule has 0 saturated carbocycles. The molecular weight excluding hydrogens is 345 g/mol. The minimum absolute atomic E-state index is 0.0976. The minimum atomic E-state index is -0.456. The van der Waals surface area contributed by atoms with Crippen molar-refractivity contribution in [2.24, 2.45) is 5.92 Å². The average molecular weight is 367 g/mol. The maximum atomic E-state index is 13.3. The molecule has 0 fully saturated rings. The topological polar surface area (TPSA) is 21.3 Å². The van der Waals surface area contributed by atoms with Gasteiger partial charge in [-0.15, -0.1) is 0 Å². The van der Waals surface area contributed by atoms with Crippen molar-refractivity contribution < 1.29 is 9.13 Å². The Balaban J connectivity index is 2.14. The lowest BCUT2D eigenvalue weighted by Gasteiger charge is -2.10. The van der Waals surface area contributed by atoms with E-state index in [-0.39, 0.29) is 5.02 Å². The van der Waals surface area contributed by atoms with E-state index in [4.69, 9.17) is 16.3 Å². The lowest BCUT2D eigenvalue weighted by molar-refractivity contribution is 0.301. The van der Waals surface area contributed by atoms with Gasteiger partial charge in [0.15, 0.2) is 0 Å². The van der Waals surface area contributed by atoms with Gasteiger partial charge in [0, 0.05) is 6.07 Å². The third-order valence-corrected chi connectivity index (χ3v) is 3.69. The van der Waals surface area contributed by atoms with Gasteiger partial charge in [-0.3, -0.25) is 0 Å². The van der Waals surface area contributed by atoms with Crippen LogP contribution in [0.1, 0.15) is 33.1 Å². The first-order valence-electron chi connectivity index (χ1n) is 6.98. The van der Waals surface area contributed by atoms with E-state index in [2.05, 4.69) is 35.1 Å². The van der Waals surface area contributed by atoms with Gasteiger partial charge in [-0.2, -0.15) is 0 Å². The largest absolute Gasteiger partial charge is 0.492 e. The van der Waals surface area contributed by atoms with Crippen LogP contribution in [0.25, 0.3) is 0 Å². The van der Waals surface area contributed by atoms with Crippen molar-refractivity contribution in [1.82, 2.24) is 5.32 Å². The van der Waals surface area contributed by atoms with Crippen LogP contribution in [-0.2, 0) is 0 Å². The van der Waals surface area contributed by atoms with Crippen molar-refractivity contribution in [3.05, 3.63) is 27.4 Å². The Labute approximate surface area is 134 Å². The van der Waals surface area contributed by atoms with E-state index < -0.39 is 5.82 Å². The number of ether oxygens (including phenoxy) is 1. The Morgan fingerprint density at radius 1 is 1.30 bits per heavy atom. The molecule has 1 rings (SSSR count). The standard InChI is InChI=1S/C15H22BrClFNO/c1-11(2)10-19-6-4-3-5-7-20-15-9-14(18)13(17)8-12(15)16/h8-9,11,19H,3-7,10H2,1-2H3. The number of nitrogens with one attached hydrogen (secondary N) is 1. The first kappa shape index (κ1) is 17.7. The van der Waals surface area contributed by atoms with Gasteiger partial charge in [0.05, 0.1) is 16.1 Å². The number of hydrogen-bond acceptors (Lipinski definition) is 2. The number of hydrogen-bond donors (Lipinski definition) is 1. The van der Waals surface area contributed by atoms with E-state index in [1.165, 1.54) is 12.1 Å². The van der Waals surface area contributed by atoms with Crippen LogP contribution in [-0.4, -0.2) is 19.7 Å². The molecule has 0 heterocycles. The highest BCUT2D eigenvalue weighted by atomic mass is 79.9. The molecule has 1 N–H and O–H groups in total.